The van der Waals surface area contributed by atoms with Crippen LogP contribution in [0.1, 0.15) is 24.1 Å². The summed E-state index contributed by atoms with van der Waals surface area (Å²) in [6.45, 7) is 0. The maximum Gasteiger partial charge on any atom is 0.434 e. The number of benzene rings is 1. The van der Waals surface area contributed by atoms with E-state index in [-0.39, 0.29) is 17.7 Å². The molecule has 1 aliphatic rings. The third-order valence-corrected chi connectivity index (χ3v) is 4.88. The number of halogens is 8. The SMILES string of the molecule is Nc1c2c(C(F)(F)F)nc(NC3CC3)nc2nn1-c1c(Cl)cc(C(F)(F)F)cc1Cl. The molecule has 0 aliphatic heterocycles. The lowest BCUT2D eigenvalue weighted by atomic mass is 10.2. The number of nitrogens with one attached hydrogen (secondary N) is 1. The van der Waals surface area contributed by atoms with Gasteiger partial charge in [-0.15, -0.1) is 5.10 Å². The Bertz CT molecular complexity index is 1130. The molecule has 1 aromatic carbocycles. The second-order valence-corrected chi connectivity index (χ2v) is 7.41. The van der Waals surface area contributed by atoms with Gasteiger partial charge in [0.1, 0.15) is 11.5 Å². The van der Waals surface area contributed by atoms with Crippen LogP contribution in [-0.2, 0) is 12.4 Å². The normalized spacial score (nSPS) is 15.1. The summed E-state index contributed by atoms with van der Waals surface area (Å²) in [5.41, 5.74) is 2.66. The minimum absolute atomic E-state index is 0.0400. The molecule has 0 amide bonds. The summed E-state index contributed by atoms with van der Waals surface area (Å²) in [7, 11) is 0. The van der Waals surface area contributed by atoms with Crippen LogP contribution in [-0.4, -0.2) is 25.8 Å². The van der Waals surface area contributed by atoms with E-state index in [2.05, 4.69) is 20.4 Å². The Morgan fingerprint density at radius 1 is 1.00 bits per heavy atom. The van der Waals surface area contributed by atoms with E-state index in [1.807, 2.05) is 0 Å². The lowest BCUT2D eigenvalue weighted by Gasteiger charge is -2.13. The Kier molecular flexibility index (Phi) is 4.69. The number of rotatable bonds is 3. The fourth-order valence-electron chi connectivity index (χ4n) is 2.79. The molecule has 4 rings (SSSR count). The monoisotopic (exact) mass is 470 g/mol. The van der Waals surface area contributed by atoms with Crippen molar-refractivity contribution >= 4 is 46.0 Å². The summed E-state index contributed by atoms with van der Waals surface area (Å²) < 4.78 is 80.4. The molecule has 6 nitrogen and oxygen atoms in total. The first-order valence-electron chi connectivity index (χ1n) is 8.33. The fraction of sp³-hybridized carbons (Fsp3) is 0.312. The lowest BCUT2D eigenvalue weighted by molar-refractivity contribution is -0.140. The molecule has 0 spiro atoms. The zero-order chi connectivity index (χ0) is 22.0. The molecular formula is C16H10Cl2F6N6. The van der Waals surface area contributed by atoms with Crippen molar-refractivity contribution in [2.24, 2.45) is 0 Å². The first kappa shape index (κ1) is 20.8. The van der Waals surface area contributed by atoms with E-state index in [1.54, 1.807) is 0 Å². The minimum atomic E-state index is -4.89. The van der Waals surface area contributed by atoms with Crippen LogP contribution in [0.2, 0.25) is 10.0 Å². The highest BCUT2D eigenvalue weighted by molar-refractivity contribution is 6.38. The lowest BCUT2D eigenvalue weighted by Crippen LogP contribution is -2.14. The van der Waals surface area contributed by atoms with E-state index in [0.29, 0.717) is 12.1 Å². The van der Waals surface area contributed by atoms with Gasteiger partial charge in [0.2, 0.25) is 5.95 Å². The van der Waals surface area contributed by atoms with Crippen molar-refractivity contribution in [2.75, 3.05) is 11.1 Å². The van der Waals surface area contributed by atoms with Crippen LogP contribution >= 0.6 is 23.2 Å². The molecule has 2 aromatic heterocycles. The molecule has 0 radical (unpaired) electrons. The van der Waals surface area contributed by atoms with Gasteiger partial charge in [0.15, 0.2) is 11.3 Å². The maximum absolute atomic E-state index is 13.6. The summed E-state index contributed by atoms with van der Waals surface area (Å²) in [4.78, 5) is 7.47. The molecule has 0 unspecified atom stereocenters. The maximum atomic E-state index is 13.6. The van der Waals surface area contributed by atoms with E-state index >= 15 is 0 Å². The van der Waals surface area contributed by atoms with Crippen molar-refractivity contribution in [2.45, 2.75) is 31.2 Å². The molecule has 1 fully saturated rings. The van der Waals surface area contributed by atoms with Gasteiger partial charge in [0.25, 0.3) is 0 Å². The topological polar surface area (TPSA) is 81.7 Å². The number of aromatic nitrogens is 4. The van der Waals surface area contributed by atoms with Crippen LogP contribution in [0.25, 0.3) is 16.7 Å². The predicted molar refractivity (Wildman–Crippen MR) is 97.7 cm³/mol. The molecule has 3 N–H and O–H groups in total. The van der Waals surface area contributed by atoms with Crippen LogP contribution in [0.15, 0.2) is 12.1 Å². The zero-order valence-electron chi connectivity index (χ0n) is 14.5. The second kappa shape index (κ2) is 6.77. The van der Waals surface area contributed by atoms with Gasteiger partial charge in [-0.2, -0.15) is 31.3 Å². The number of nitrogens with zero attached hydrogens (tertiary/aromatic N) is 4. The van der Waals surface area contributed by atoms with Crippen molar-refractivity contribution in [3.63, 3.8) is 0 Å². The number of hydrogen-bond acceptors (Lipinski definition) is 5. The Morgan fingerprint density at radius 3 is 2.10 bits per heavy atom. The molecule has 0 bridgehead atoms. The molecule has 3 aromatic rings. The van der Waals surface area contributed by atoms with Crippen LogP contribution < -0.4 is 11.1 Å². The minimum Gasteiger partial charge on any atom is -0.383 e. The Labute approximate surface area is 174 Å². The summed E-state index contributed by atoms with van der Waals surface area (Å²) in [6.07, 6.45) is -8.10. The van der Waals surface area contributed by atoms with Gasteiger partial charge >= 0.3 is 12.4 Å². The van der Waals surface area contributed by atoms with E-state index < -0.39 is 50.5 Å². The van der Waals surface area contributed by atoms with E-state index in [4.69, 9.17) is 28.9 Å². The van der Waals surface area contributed by atoms with E-state index in [1.165, 1.54) is 0 Å². The summed E-state index contributed by atoms with van der Waals surface area (Å²) >= 11 is 11.9. The third kappa shape index (κ3) is 3.69. The molecule has 1 aliphatic carbocycles. The highest BCUT2D eigenvalue weighted by Gasteiger charge is 2.39. The smallest absolute Gasteiger partial charge is 0.383 e. The van der Waals surface area contributed by atoms with Gasteiger partial charge in [0, 0.05) is 6.04 Å². The highest BCUT2D eigenvalue weighted by Crippen LogP contribution is 2.41. The predicted octanol–water partition coefficient (Wildman–Crippen LogP) is 5.32. The second-order valence-electron chi connectivity index (χ2n) is 6.59. The van der Waals surface area contributed by atoms with Gasteiger partial charge in [-0.1, -0.05) is 23.2 Å². The fourth-order valence-corrected chi connectivity index (χ4v) is 3.44. The van der Waals surface area contributed by atoms with Crippen LogP contribution in [0, 0.1) is 0 Å². The number of alkyl halides is 6. The molecule has 0 saturated heterocycles. The number of anilines is 2. The molecule has 2 heterocycles. The van der Waals surface area contributed by atoms with Gasteiger partial charge in [0.05, 0.1) is 21.0 Å². The molecule has 14 heteroatoms. The number of nitrogen functional groups attached to an aromatic ring is 1. The van der Waals surface area contributed by atoms with E-state index in [0.717, 1.165) is 17.5 Å². The van der Waals surface area contributed by atoms with Gasteiger partial charge < -0.3 is 11.1 Å². The molecular weight excluding hydrogens is 461 g/mol. The first-order valence-corrected chi connectivity index (χ1v) is 9.08. The van der Waals surface area contributed by atoms with Crippen LogP contribution in [0.4, 0.5) is 38.1 Å². The van der Waals surface area contributed by atoms with E-state index in [9.17, 15) is 26.3 Å². The quantitative estimate of drug-likeness (QED) is 0.506. The largest absolute Gasteiger partial charge is 0.434 e. The van der Waals surface area contributed by atoms with Crippen molar-refractivity contribution in [3.8, 4) is 5.69 Å². The number of fused-ring (bicyclic) bond motifs is 1. The first-order chi connectivity index (χ1) is 13.9. The molecule has 1 saturated carbocycles. The summed E-state index contributed by atoms with van der Waals surface area (Å²) in [5.74, 6) is -0.856. The van der Waals surface area contributed by atoms with Gasteiger partial charge in [-0.25, -0.2) is 9.67 Å². The summed E-state index contributed by atoms with van der Waals surface area (Å²) in [6, 6.07) is 1.11. The number of nitrogens with two attached hydrogens (primary N) is 1. The van der Waals surface area contributed by atoms with Crippen molar-refractivity contribution in [3.05, 3.63) is 33.4 Å². The van der Waals surface area contributed by atoms with Crippen molar-refractivity contribution in [1.82, 2.24) is 19.7 Å². The Morgan fingerprint density at radius 2 is 1.60 bits per heavy atom. The van der Waals surface area contributed by atoms with Crippen LogP contribution in [0.3, 0.4) is 0 Å². The Balaban J connectivity index is 1.94. The van der Waals surface area contributed by atoms with Crippen molar-refractivity contribution < 1.29 is 26.3 Å². The van der Waals surface area contributed by atoms with Gasteiger partial charge in [-0.3, -0.25) is 0 Å². The highest BCUT2D eigenvalue weighted by atomic mass is 35.5. The third-order valence-electron chi connectivity index (χ3n) is 4.30. The number of hydrogen-bond donors (Lipinski definition) is 2. The molecule has 0 atom stereocenters. The average Bonchev–Trinajstić information content (AvgIpc) is 3.35. The average molecular weight is 471 g/mol. The standard InChI is InChI=1S/C16H10Cl2F6N6/c17-7-3-5(15(19,20)21)4-8(18)10(7)30-12(25)9-11(16(22,23)24)27-14(26-6-1-2-6)28-13(9)29-30/h3-4,6H,1-2,25H2,(H,26,28,29). The zero-order valence-corrected chi connectivity index (χ0v) is 16.0. The Hall–Kier alpha value is -2.47. The van der Waals surface area contributed by atoms with Crippen LogP contribution in [0.5, 0.6) is 0 Å². The van der Waals surface area contributed by atoms with Gasteiger partial charge in [-0.05, 0) is 25.0 Å². The molecule has 30 heavy (non-hydrogen) atoms. The summed E-state index contributed by atoms with van der Waals surface area (Å²) in [5, 5.41) is 5.03. The van der Waals surface area contributed by atoms with Crippen molar-refractivity contribution in [1.29, 1.82) is 0 Å². The molecule has 160 valence electrons.